The number of hydrogen-bond acceptors (Lipinski definition) is 5. The van der Waals surface area contributed by atoms with E-state index < -0.39 is 19.7 Å². The largest absolute Gasteiger partial charge is 0.355 e. The van der Waals surface area contributed by atoms with Crippen molar-refractivity contribution in [3.8, 4) is 0 Å². The summed E-state index contributed by atoms with van der Waals surface area (Å²) in [6.07, 6.45) is 3.00. The summed E-state index contributed by atoms with van der Waals surface area (Å²) in [6, 6.07) is -0.447. The van der Waals surface area contributed by atoms with Crippen LogP contribution in [-0.4, -0.2) is 62.7 Å². The van der Waals surface area contributed by atoms with Gasteiger partial charge in [0.05, 0.1) is 23.3 Å². The van der Waals surface area contributed by atoms with Gasteiger partial charge in [0.25, 0.3) is 0 Å². The van der Waals surface area contributed by atoms with Crippen molar-refractivity contribution < 1.29 is 16.8 Å². The van der Waals surface area contributed by atoms with Gasteiger partial charge in [-0.05, 0) is 31.1 Å². The van der Waals surface area contributed by atoms with Crippen molar-refractivity contribution in [1.82, 2.24) is 10.2 Å². The Bertz CT molecular complexity index is 639. The maximum Gasteiger partial charge on any atom is 0.173 e. The van der Waals surface area contributed by atoms with Crippen molar-refractivity contribution in [3.63, 3.8) is 0 Å². The Balaban J connectivity index is 2.02. The summed E-state index contributed by atoms with van der Waals surface area (Å²) in [7, 11) is -6.11. The van der Waals surface area contributed by atoms with Gasteiger partial charge in [-0.2, -0.15) is 0 Å². The lowest BCUT2D eigenvalue weighted by Crippen LogP contribution is -2.50. The lowest BCUT2D eigenvalue weighted by Gasteiger charge is -2.31. The SMILES string of the molecule is CCCN(C(=S)NC1C=CS(=O)(=O)C1)C1CCS(=O)(=O)C1. The van der Waals surface area contributed by atoms with Crippen LogP contribution in [0.4, 0.5) is 0 Å². The maximum atomic E-state index is 11.6. The maximum absolute atomic E-state index is 11.6. The van der Waals surface area contributed by atoms with Gasteiger partial charge >= 0.3 is 0 Å². The molecule has 0 amide bonds. The lowest BCUT2D eigenvalue weighted by molar-refractivity contribution is 0.328. The van der Waals surface area contributed by atoms with Gasteiger partial charge in [0, 0.05) is 18.0 Å². The molecule has 9 heteroatoms. The second-order valence-corrected chi connectivity index (χ2v) is 10.0. The molecule has 2 rings (SSSR count). The standard InChI is InChI=1S/C12H20N2O4S3/c1-2-5-14(11-4-7-21(17,18)9-11)12(19)13-10-3-6-20(15,16)8-10/h3,6,10-11H,2,4-5,7-9H2,1H3,(H,13,19). The molecule has 0 bridgehead atoms. The highest BCUT2D eigenvalue weighted by atomic mass is 32.2. The van der Waals surface area contributed by atoms with Crippen molar-refractivity contribution in [2.75, 3.05) is 23.8 Å². The summed E-state index contributed by atoms with van der Waals surface area (Å²) < 4.78 is 46.0. The Hall–Kier alpha value is -0.670. The summed E-state index contributed by atoms with van der Waals surface area (Å²) in [6.45, 7) is 2.66. The van der Waals surface area contributed by atoms with Crippen LogP contribution in [0.25, 0.3) is 0 Å². The molecule has 0 aromatic rings. The molecular formula is C12H20N2O4S3. The van der Waals surface area contributed by atoms with E-state index >= 15 is 0 Å². The lowest BCUT2D eigenvalue weighted by atomic mass is 10.2. The van der Waals surface area contributed by atoms with Crippen LogP contribution in [0.5, 0.6) is 0 Å². The fourth-order valence-electron chi connectivity index (χ4n) is 2.62. The quantitative estimate of drug-likeness (QED) is 0.717. The zero-order valence-electron chi connectivity index (χ0n) is 11.9. The van der Waals surface area contributed by atoms with Gasteiger partial charge in [-0.15, -0.1) is 0 Å². The van der Waals surface area contributed by atoms with E-state index in [1.807, 2.05) is 11.8 Å². The van der Waals surface area contributed by atoms with Gasteiger partial charge in [0.2, 0.25) is 0 Å². The molecule has 2 unspecified atom stereocenters. The molecule has 1 fully saturated rings. The zero-order valence-corrected chi connectivity index (χ0v) is 14.3. The van der Waals surface area contributed by atoms with E-state index in [9.17, 15) is 16.8 Å². The molecule has 0 aromatic heterocycles. The van der Waals surface area contributed by atoms with Crippen LogP contribution in [0.15, 0.2) is 11.5 Å². The Morgan fingerprint density at radius 2 is 2.05 bits per heavy atom. The number of nitrogens with zero attached hydrogens (tertiary/aromatic N) is 1. The third kappa shape index (κ3) is 4.40. The first-order chi connectivity index (χ1) is 9.72. The molecule has 0 aromatic carbocycles. The Morgan fingerprint density at radius 3 is 2.52 bits per heavy atom. The second kappa shape index (κ2) is 6.21. The predicted octanol–water partition coefficient (Wildman–Crippen LogP) is 0.0707. The molecule has 0 aliphatic carbocycles. The van der Waals surface area contributed by atoms with Crippen molar-refractivity contribution in [2.45, 2.75) is 31.8 Å². The van der Waals surface area contributed by atoms with Crippen LogP contribution in [0.2, 0.25) is 0 Å². The Kier molecular flexibility index (Phi) is 4.94. The molecule has 2 aliphatic rings. The van der Waals surface area contributed by atoms with Crippen LogP contribution in [0.1, 0.15) is 19.8 Å². The third-order valence-corrected chi connectivity index (χ3v) is 7.11. The van der Waals surface area contributed by atoms with Crippen LogP contribution >= 0.6 is 12.2 Å². The predicted molar refractivity (Wildman–Crippen MR) is 86.5 cm³/mol. The molecule has 6 nitrogen and oxygen atoms in total. The topological polar surface area (TPSA) is 83.6 Å². The molecule has 0 spiro atoms. The van der Waals surface area contributed by atoms with Crippen LogP contribution in [-0.2, 0) is 19.7 Å². The van der Waals surface area contributed by atoms with Gasteiger partial charge < -0.3 is 10.2 Å². The third-order valence-electron chi connectivity index (χ3n) is 3.61. The number of rotatable bonds is 4. The summed E-state index contributed by atoms with van der Waals surface area (Å²) in [5.41, 5.74) is 0. The van der Waals surface area contributed by atoms with E-state index in [-0.39, 0.29) is 29.3 Å². The van der Waals surface area contributed by atoms with Gasteiger partial charge in [-0.1, -0.05) is 6.92 Å². The Labute approximate surface area is 131 Å². The van der Waals surface area contributed by atoms with Crippen LogP contribution in [0, 0.1) is 0 Å². The first kappa shape index (κ1) is 16.7. The molecule has 0 saturated carbocycles. The van der Waals surface area contributed by atoms with Gasteiger partial charge in [0.15, 0.2) is 24.8 Å². The van der Waals surface area contributed by atoms with Gasteiger partial charge in [-0.25, -0.2) is 16.8 Å². The van der Waals surface area contributed by atoms with E-state index in [1.54, 1.807) is 6.08 Å². The highest BCUT2D eigenvalue weighted by molar-refractivity contribution is 7.94. The van der Waals surface area contributed by atoms with Gasteiger partial charge in [0.1, 0.15) is 0 Å². The molecule has 120 valence electrons. The number of nitrogens with one attached hydrogen (secondary N) is 1. The van der Waals surface area contributed by atoms with Crippen molar-refractivity contribution in [3.05, 3.63) is 11.5 Å². The fraction of sp³-hybridized carbons (Fsp3) is 0.750. The van der Waals surface area contributed by atoms with Crippen LogP contribution < -0.4 is 5.32 Å². The average Bonchev–Trinajstić information content (AvgIpc) is 2.88. The highest BCUT2D eigenvalue weighted by Crippen LogP contribution is 2.19. The zero-order chi connectivity index (χ0) is 15.7. The minimum atomic E-state index is -3.13. The number of thiocarbonyl (C=S) groups is 1. The second-order valence-electron chi connectivity index (χ2n) is 5.46. The fourth-order valence-corrected chi connectivity index (χ4v) is 5.98. The number of sulfone groups is 2. The molecular weight excluding hydrogens is 332 g/mol. The van der Waals surface area contributed by atoms with Crippen molar-refractivity contribution in [2.24, 2.45) is 0 Å². The van der Waals surface area contributed by atoms with E-state index in [1.165, 1.54) is 5.41 Å². The van der Waals surface area contributed by atoms with Gasteiger partial charge in [-0.3, -0.25) is 0 Å². The number of hydrogen-bond donors (Lipinski definition) is 1. The summed E-state index contributed by atoms with van der Waals surface area (Å²) in [5.74, 6) is 0.307. The summed E-state index contributed by atoms with van der Waals surface area (Å²) in [5, 5.41) is 4.65. The van der Waals surface area contributed by atoms with E-state index in [0.29, 0.717) is 18.1 Å². The summed E-state index contributed by atoms with van der Waals surface area (Å²) in [4.78, 5) is 1.89. The monoisotopic (exact) mass is 352 g/mol. The molecule has 0 radical (unpaired) electrons. The first-order valence-electron chi connectivity index (χ1n) is 6.91. The van der Waals surface area contributed by atoms with E-state index in [2.05, 4.69) is 5.32 Å². The molecule has 1 saturated heterocycles. The molecule has 2 heterocycles. The minimum Gasteiger partial charge on any atom is -0.355 e. The normalized spacial score (nSPS) is 29.4. The van der Waals surface area contributed by atoms with E-state index in [4.69, 9.17) is 12.2 Å². The molecule has 2 aliphatic heterocycles. The highest BCUT2D eigenvalue weighted by Gasteiger charge is 2.34. The van der Waals surface area contributed by atoms with Crippen molar-refractivity contribution in [1.29, 1.82) is 0 Å². The molecule has 1 N–H and O–H groups in total. The Morgan fingerprint density at radius 1 is 1.33 bits per heavy atom. The van der Waals surface area contributed by atoms with Crippen LogP contribution in [0.3, 0.4) is 0 Å². The molecule has 2 atom stereocenters. The average molecular weight is 353 g/mol. The molecule has 21 heavy (non-hydrogen) atoms. The first-order valence-corrected chi connectivity index (χ1v) is 10.9. The minimum absolute atomic E-state index is 0.00390. The summed E-state index contributed by atoms with van der Waals surface area (Å²) >= 11 is 5.36. The van der Waals surface area contributed by atoms with Crippen molar-refractivity contribution >= 4 is 37.0 Å². The smallest absolute Gasteiger partial charge is 0.173 e. The van der Waals surface area contributed by atoms with E-state index in [0.717, 1.165) is 6.42 Å².